The van der Waals surface area contributed by atoms with Crippen LogP contribution in [0.3, 0.4) is 0 Å². The maximum absolute atomic E-state index is 12.9. The van der Waals surface area contributed by atoms with E-state index < -0.39 is 33.6 Å². The molecule has 0 saturated heterocycles. The second-order valence-corrected chi connectivity index (χ2v) is 9.19. The molecule has 2 rings (SSSR count). The summed E-state index contributed by atoms with van der Waals surface area (Å²) in [5, 5.41) is 13.0. The Kier molecular flexibility index (Phi) is 11.6. The number of nitrogens with one attached hydrogen (secondary N) is 2. The molecule has 0 aliphatic carbocycles. The Balaban J connectivity index is 0.000000956. The maximum Gasteiger partial charge on any atom is 0.490 e. The quantitative estimate of drug-likeness (QED) is 0.111. The van der Waals surface area contributed by atoms with Crippen LogP contribution < -0.4 is 31.8 Å². The highest BCUT2D eigenvalue weighted by Gasteiger charge is 2.38. The SMILES string of the molecule is COc1ccc(C)cc1S(=O)(=O)Nc1ccc(C)n(CC(=O)NCCON=C(N)N)c1=O.O=C(O)C(F)(F)F. The first-order valence-corrected chi connectivity index (χ1v) is 12.1. The van der Waals surface area contributed by atoms with Gasteiger partial charge in [0.15, 0.2) is 0 Å². The number of ether oxygens (including phenoxy) is 1. The Morgan fingerprint density at radius 3 is 2.31 bits per heavy atom. The van der Waals surface area contributed by atoms with Crippen molar-refractivity contribution >= 4 is 33.5 Å². The predicted molar refractivity (Wildman–Crippen MR) is 132 cm³/mol. The minimum Gasteiger partial charge on any atom is -0.495 e. The molecule has 1 aromatic heterocycles. The van der Waals surface area contributed by atoms with E-state index in [0.29, 0.717) is 11.3 Å². The van der Waals surface area contributed by atoms with Crippen molar-refractivity contribution in [3.8, 4) is 5.75 Å². The average molecular weight is 581 g/mol. The summed E-state index contributed by atoms with van der Waals surface area (Å²) in [5.74, 6) is -3.35. The molecule has 0 saturated carbocycles. The molecule has 39 heavy (non-hydrogen) atoms. The molecule has 216 valence electrons. The van der Waals surface area contributed by atoms with E-state index in [0.717, 1.165) is 4.57 Å². The summed E-state index contributed by atoms with van der Waals surface area (Å²) < 4.78 is 66.1. The standard InChI is InChI=1S/C19H26N6O6S.C2HF3O2/c1-12-4-7-15(30-3)16(10-12)32(28,29)24-14-6-5-13(2)25(18(14)27)11-17(26)22-8-9-31-23-19(20)21;3-2(4,5)1(6)7/h4-7,10,24H,8-9,11H2,1-3H3,(H,22,26)(H4,20,21,23);(H,6,7). The highest BCUT2D eigenvalue weighted by Crippen LogP contribution is 2.26. The topological polar surface area (TPSA) is 217 Å². The van der Waals surface area contributed by atoms with E-state index in [2.05, 4.69) is 15.2 Å². The smallest absolute Gasteiger partial charge is 0.490 e. The number of rotatable bonds is 10. The number of alkyl halides is 3. The van der Waals surface area contributed by atoms with E-state index in [1.165, 1.54) is 31.4 Å². The van der Waals surface area contributed by atoms with E-state index in [1.807, 2.05) is 0 Å². The zero-order valence-corrected chi connectivity index (χ0v) is 21.7. The molecule has 0 spiro atoms. The van der Waals surface area contributed by atoms with Crippen LogP contribution in [0.5, 0.6) is 5.75 Å². The lowest BCUT2D eigenvalue weighted by molar-refractivity contribution is -0.192. The van der Waals surface area contributed by atoms with Crippen LogP contribution in [-0.4, -0.2) is 62.4 Å². The molecule has 7 N–H and O–H groups in total. The summed E-state index contributed by atoms with van der Waals surface area (Å²) >= 11 is 0. The number of aryl methyl sites for hydroxylation is 2. The summed E-state index contributed by atoms with van der Waals surface area (Å²) in [6.07, 6.45) is -5.08. The number of aliphatic carboxylic acids is 1. The second kappa shape index (κ2) is 13.9. The number of hydrogen-bond donors (Lipinski definition) is 5. The molecule has 2 aromatic rings. The fourth-order valence-corrected chi connectivity index (χ4v) is 4.01. The number of guanidine groups is 1. The van der Waals surface area contributed by atoms with Gasteiger partial charge in [-0.05, 0) is 48.8 Å². The molecule has 1 aromatic carbocycles. The van der Waals surface area contributed by atoms with Gasteiger partial charge >= 0.3 is 12.1 Å². The number of oxime groups is 1. The molecule has 0 radical (unpaired) electrons. The van der Waals surface area contributed by atoms with Crippen molar-refractivity contribution in [2.24, 2.45) is 16.6 Å². The van der Waals surface area contributed by atoms with Crippen molar-refractivity contribution in [3.63, 3.8) is 0 Å². The number of carboxylic acids is 1. The molecule has 0 unspecified atom stereocenters. The van der Waals surface area contributed by atoms with Gasteiger partial charge < -0.3 is 36.0 Å². The first-order chi connectivity index (χ1) is 18.0. The average Bonchev–Trinajstić information content (AvgIpc) is 2.83. The molecule has 14 nitrogen and oxygen atoms in total. The number of carboxylic acid groups (broad SMARTS) is 1. The van der Waals surface area contributed by atoms with Crippen molar-refractivity contribution in [1.82, 2.24) is 9.88 Å². The normalized spacial score (nSPS) is 10.9. The van der Waals surface area contributed by atoms with E-state index in [9.17, 15) is 31.2 Å². The van der Waals surface area contributed by atoms with Crippen LogP contribution in [0.2, 0.25) is 0 Å². The van der Waals surface area contributed by atoms with E-state index >= 15 is 0 Å². The molecule has 18 heteroatoms. The molecule has 0 bridgehead atoms. The van der Waals surface area contributed by atoms with Crippen molar-refractivity contribution in [1.29, 1.82) is 0 Å². The van der Waals surface area contributed by atoms with Gasteiger partial charge in [-0.2, -0.15) is 13.2 Å². The van der Waals surface area contributed by atoms with Gasteiger partial charge in [0.2, 0.25) is 11.9 Å². The number of carbonyl (C=O) groups is 2. The maximum atomic E-state index is 12.9. The molecular formula is C21H27F3N6O8S. The lowest BCUT2D eigenvalue weighted by Crippen LogP contribution is -2.36. The third-order valence-electron chi connectivity index (χ3n) is 4.48. The number of nitrogens with two attached hydrogens (primary N) is 2. The Hall–Kier alpha value is -4.48. The lowest BCUT2D eigenvalue weighted by Gasteiger charge is -2.15. The molecule has 0 aliphatic rings. The highest BCUT2D eigenvalue weighted by molar-refractivity contribution is 7.92. The Bertz CT molecular complexity index is 1370. The van der Waals surface area contributed by atoms with Gasteiger partial charge in [0.1, 0.15) is 29.5 Å². The zero-order valence-electron chi connectivity index (χ0n) is 20.9. The Labute approximate surface area is 220 Å². The second-order valence-electron chi connectivity index (χ2n) is 7.54. The number of benzene rings is 1. The van der Waals surface area contributed by atoms with Gasteiger partial charge in [-0.25, -0.2) is 13.2 Å². The van der Waals surface area contributed by atoms with Crippen molar-refractivity contribution < 1.29 is 45.9 Å². The van der Waals surface area contributed by atoms with E-state index in [4.69, 9.17) is 30.9 Å². The Morgan fingerprint density at radius 2 is 1.77 bits per heavy atom. The number of hydrogen-bond acceptors (Lipinski definition) is 8. The molecule has 1 heterocycles. The summed E-state index contributed by atoms with van der Waals surface area (Å²) in [5.41, 5.74) is 10.5. The number of pyridine rings is 1. The van der Waals surface area contributed by atoms with Crippen LogP contribution in [0.15, 0.2) is 45.2 Å². The van der Waals surface area contributed by atoms with Crippen LogP contribution in [0.4, 0.5) is 18.9 Å². The van der Waals surface area contributed by atoms with E-state index in [-0.39, 0.29) is 42.0 Å². The first-order valence-electron chi connectivity index (χ1n) is 10.6. The number of nitrogens with zero attached hydrogens (tertiary/aromatic N) is 2. The van der Waals surface area contributed by atoms with Crippen LogP contribution in [0.25, 0.3) is 0 Å². The Morgan fingerprint density at radius 1 is 1.15 bits per heavy atom. The van der Waals surface area contributed by atoms with Crippen molar-refractivity contribution in [2.75, 3.05) is 25.0 Å². The van der Waals surface area contributed by atoms with Gasteiger partial charge in [0.05, 0.1) is 13.7 Å². The molecule has 0 atom stereocenters. The number of amides is 1. The minimum atomic E-state index is -5.08. The number of carbonyl (C=O) groups excluding carboxylic acids is 1. The highest BCUT2D eigenvalue weighted by atomic mass is 32.2. The largest absolute Gasteiger partial charge is 0.495 e. The molecule has 0 aliphatic heterocycles. The number of anilines is 1. The fourth-order valence-electron chi connectivity index (χ4n) is 2.69. The number of methoxy groups -OCH3 is 1. The molecule has 0 fully saturated rings. The van der Waals surface area contributed by atoms with Gasteiger partial charge in [0, 0.05) is 5.69 Å². The fraction of sp³-hybridized carbons (Fsp3) is 0.333. The summed E-state index contributed by atoms with van der Waals surface area (Å²) in [7, 11) is -2.77. The van der Waals surface area contributed by atoms with Gasteiger partial charge in [-0.3, -0.25) is 14.3 Å². The van der Waals surface area contributed by atoms with Crippen molar-refractivity contribution in [2.45, 2.75) is 31.5 Å². The van der Waals surface area contributed by atoms with Crippen LogP contribution in [-0.2, 0) is 31.0 Å². The first kappa shape index (κ1) is 32.5. The number of aromatic nitrogens is 1. The third kappa shape index (κ3) is 10.4. The minimum absolute atomic E-state index is 0.0235. The van der Waals surface area contributed by atoms with Gasteiger partial charge in [0.25, 0.3) is 15.6 Å². The van der Waals surface area contributed by atoms with Crippen LogP contribution >= 0.6 is 0 Å². The van der Waals surface area contributed by atoms with Gasteiger partial charge in [-0.1, -0.05) is 6.07 Å². The third-order valence-corrected chi connectivity index (χ3v) is 5.86. The number of halogens is 3. The van der Waals surface area contributed by atoms with Gasteiger partial charge in [-0.15, -0.1) is 0 Å². The summed E-state index contributed by atoms with van der Waals surface area (Å²) in [4.78, 5) is 38.6. The van der Waals surface area contributed by atoms with Crippen molar-refractivity contribution in [3.05, 3.63) is 51.9 Å². The number of sulfonamides is 1. The molecule has 1 amide bonds. The zero-order chi connectivity index (χ0) is 30.0. The van der Waals surface area contributed by atoms with Crippen LogP contribution in [0, 0.1) is 13.8 Å². The summed E-state index contributed by atoms with van der Waals surface area (Å²) in [6, 6.07) is 7.54. The lowest BCUT2D eigenvalue weighted by atomic mass is 10.2. The molecular weight excluding hydrogens is 553 g/mol. The monoisotopic (exact) mass is 580 g/mol. The van der Waals surface area contributed by atoms with E-state index in [1.54, 1.807) is 19.9 Å². The summed E-state index contributed by atoms with van der Waals surface area (Å²) in [6.45, 7) is 3.16. The predicted octanol–water partition coefficient (Wildman–Crippen LogP) is 0.229. The van der Waals surface area contributed by atoms with Crippen LogP contribution in [0.1, 0.15) is 11.3 Å².